The van der Waals surface area contributed by atoms with E-state index in [1.54, 1.807) is 0 Å². The van der Waals surface area contributed by atoms with E-state index in [1.807, 2.05) is 186 Å². The molecule has 0 aliphatic carbocycles. The molecule has 0 saturated heterocycles. The van der Waals surface area contributed by atoms with Gasteiger partial charge in [-0.05, 0) is 68.1 Å². The molecular formula is C57H41N5O2. The van der Waals surface area contributed by atoms with Gasteiger partial charge in [-0.3, -0.25) is 29.4 Å². The maximum absolute atomic E-state index is 15.5. The fourth-order valence-corrected chi connectivity index (χ4v) is 9.44. The molecule has 2 aliphatic rings. The van der Waals surface area contributed by atoms with Crippen LogP contribution in [0.1, 0.15) is 78.5 Å². The van der Waals surface area contributed by atoms with Crippen LogP contribution in [0.25, 0.3) is 21.5 Å². The maximum Gasteiger partial charge on any atom is 0.260 e. The Labute approximate surface area is 371 Å². The van der Waals surface area contributed by atoms with Crippen LogP contribution in [0.2, 0.25) is 0 Å². The summed E-state index contributed by atoms with van der Waals surface area (Å²) in [6, 6.07) is 71.9. The third kappa shape index (κ3) is 6.84. The van der Waals surface area contributed by atoms with Crippen LogP contribution >= 0.6 is 0 Å². The van der Waals surface area contributed by atoms with Crippen LogP contribution in [0.4, 0.5) is 0 Å². The van der Waals surface area contributed by atoms with Crippen molar-refractivity contribution in [2.75, 3.05) is 0 Å². The molecule has 8 aromatic carbocycles. The Hall–Kier alpha value is -8.29. The summed E-state index contributed by atoms with van der Waals surface area (Å²) in [4.78, 5) is 50.9. The highest BCUT2D eigenvalue weighted by Gasteiger charge is 2.45. The fraction of sp³-hybridized carbons (Fsp3) is 0.0702. The Kier molecular flexibility index (Phi) is 9.98. The second kappa shape index (κ2) is 16.5. The quantitative estimate of drug-likeness (QED) is 0.153. The van der Waals surface area contributed by atoms with Crippen molar-refractivity contribution in [3.63, 3.8) is 0 Å². The molecule has 1 aromatic heterocycles. The predicted molar refractivity (Wildman–Crippen MR) is 254 cm³/mol. The van der Waals surface area contributed by atoms with E-state index in [1.165, 1.54) is 0 Å². The molecule has 0 spiro atoms. The number of nitrogens with zero attached hydrogens (tertiary/aromatic N) is 5. The van der Waals surface area contributed by atoms with Gasteiger partial charge in [0.25, 0.3) is 11.8 Å². The first-order valence-corrected chi connectivity index (χ1v) is 21.6. The number of fused-ring (bicyclic) bond motifs is 2. The number of carbonyl (C=O) groups excluding carboxylic acids is 2. The molecule has 1 unspecified atom stereocenters. The van der Waals surface area contributed by atoms with E-state index < -0.39 is 24.2 Å². The van der Waals surface area contributed by atoms with Gasteiger partial charge >= 0.3 is 0 Å². The summed E-state index contributed by atoms with van der Waals surface area (Å²) in [5.74, 6) is 0.503. The van der Waals surface area contributed by atoms with E-state index >= 15 is 9.59 Å². The van der Waals surface area contributed by atoms with Gasteiger partial charge in [0, 0.05) is 11.1 Å². The number of aromatic nitrogens is 1. The summed E-state index contributed by atoms with van der Waals surface area (Å²) < 4.78 is 0. The number of carbonyl (C=O) groups is 2. The molecule has 0 saturated carbocycles. The van der Waals surface area contributed by atoms with Crippen LogP contribution in [-0.4, -0.2) is 38.3 Å². The van der Waals surface area contributed by atoms with Crippen LogP contribution in [0.15, 0.2) is 234 Å². The number of pyridine rings is 1. The minimum Gasteiger partial charge on any atom is -0.281 e. The molecule has 4 atom stereocenters. The molecule has 9 aromatic rings. The zero-order chi connectivity index (χ0) is 43.0. The van der Waals surface area contributed by atoms with Crippen molar-refractivity contribution >= 4 is 45.0 Å². The van der Waals surface area contributed by atoms with Crippen molar-refractivity contribution < 1.29 is 9.59 Å². The molecule has 2 aliphatic heterocycles. The molecule has 3 heterocycles. The lowest BCUT2D eigenvalue weighted by molar-refractivity contribution is 0.0799. The average molecular weight is 828 g/mol. The lowest BCUT2D eigenvalue weighted by atomic mass is 9.93. The monoisotopic (exact) mass is 827 g/mol. The molecule has 7 nitrogen and oxygen atoms in total. The number of hydrogen-bond donors (Lipinski definition) is 0. The Morgan fingerprint density at radius 2 is 0.672 bits per heavy atom. The summed E-state index contributed by atoms with van der Waals surface area (Å²) in [6.45, 7) is 0. The van der Waals surface area contributed by atoms with Gasteiger partial charge in [-0.25, -0.2) is 4.98 Å². The molecule has 64 heavy (non-hydrogen) atoms. The molecule has 0 fully saturated rings. The lowest BCUT2D eigenvalue weighted by Crippen LogP contribution is -2.39. The Morgan fingerprint density at radius 1 is 0.344 bits per heavy atom. The number of aliphatic imine (C=N–C) groups is 2. The number of amides is 2. The molecule has 0 N–H and O–H groups in total. The van der Waals surface area contributed by atoms with Gasteiger partial charge in [-0.2, -0.15) is 0 Å². The van der Waals surface area contributed by atoms with Gasteiger partial charge in [-0.15, -0.1) is 0 Å². The molecule has 2 amide bonds. The topological polar surface area (TPSA) is 78.2 Å². The van der Waals surface area contributed by atoms with Crippen molar-refractivity contribution in [3.8, 4) is 0 Å². The minimum absolute atomic E-state index is 0.186. The number of hydrogen-bond acceptors (Lipinski definition) is 5. The fourth-order valence-electron chi connectivity index (χ4n) is 9.44. The number of rotatable bonds is 8. The lowest BCUT2D eigenvalue weighted by Gasteiger charge is -2.30. The molecule has 0 radical (unpaired) electrons. The largest absolute Gasteiger partial charge is 0.281 e. The standard InChI is InChI=1S/C57H41N5O2/c63-56(46-34-17-30-38-20-13-15-32-44(38)46)61-52(42-26-9-3-10-27-42)50(40-22-5-1-6-23-40)59-54(61)48-36-19-37-49(58-48)55-60-51(41-24-7-2-8-25-41)53(43-28-11-4-12-29-43)62(55)57(64)47-35-18-31-39-21-14-16-33-45(39)47/h1-37,50-53H/t50-,51-,52-,53?/m1/s1. The van der Waals surface area contributed by atoms with E-state index in [0.717, 1.165) is 43.8 Å². The van der Waals surface area contributed by atoms with Gasteiger partial charge in [0.05, 0.1) is 12.1 Å². The average Bonchev–Trinajstić information content (AvgIpc) is 3.98. The van der Waals surface area contributed by atoms with Crippen LogP contribution in [0.3, 0.4) is 0 Å². The van der Waals surface area contributed by atoms with Gasteiger partial charge in [-0.1, -0.05) is 200 Å². The van der Waals surface area contributed by atoms with Crippen LogP contribution in [0, 0.1) is 0 Å². The second-order valence-electron chi connectivity index (χ2n) is 16.1. The van der Waals surface area contributed by atoms with E-state index in [2.05, 4.69) is 48.5 Å². The summed E-state index contributed by atoms with van der Waals surface area (Å²) in [7, 11) is 0. The highest BCUT2D eigenvalue weighted by molar-refractivity contribution is 6.19. The smallest absolute Gasteiger partial charge is 0.260 e. The van der Waals surface area contributed by atoms with Gasteiger partial charge in [0.1, 0.15) is 23.5 Å². The second-order valence-corrected chi connectivity index (χ2v) is 16.1. The van der Waals surface area contributed by atoms with Gasteiger partial charge in [0.15, 0.2) is 11.7 Å². The van der Waals surface area contributed by atoms with Crippen LogP contribution < -0.4 is 0 Å². The molecule has 11 rings (SSSR count). The SMILES string of the molecule is O=C(c1cccc2ccccc12)N1C(c2cccc(C3=N[C@H](c4ccccc4)[C@@H](c4ccccc4)N3C(=O)c3cccc4ccccc34)n2)=N[C@H](c2ccccc2)C1c1ccccc1. The Bertz CT molecular complexity index is 3020. The predicted octanol–water partition coefficient (Wildman–Crippen LogP) is 12.2. The summed E-state index contributed by atoms with van der Waals surface area (Å²) in [5.41, 5.74) is 5.96. The summed E-state index contributed by atoms with van der Waals surface area (Å²) in [6.07, 6.45) is 0. The molecular weight excluding hydrogens is 787 g/mol. The van der Waals surface area contributed by atoms with E-state index in [9.17, 15) is 0 Å². The molecule has 7 heteroatoms. The Balaban J connectivity index is 1.11. The molecule has 0 bridgehead atoms. The van der Waals surface area contributed by atoms with E-state index in [0.29, 0.717) is 34.2 Å². The third-order valence-electron chi connectivity index (χ3n) is 12.4. The highest BCUT2D eigenvalue weighted by Crippen LogP contribution is 2.46. The van der Waals surface area contributed by atoms with Gasteiger partial charge in [0.2, 0.25) is 0 Å². The zero-order valence-electron chi connectivity index (χ0n) is 34.7. The zero-order valence-corrected chi connectivity index (χ0v) is 34.7. The van der Waals surface area contributed by atoms with Crippen molar-refractivity contribution in [3.05, 3.63) is 269 Å². The summed E-state index contributed by atoms with van der Waals surface area (Å²) in [5, 5.41) is 3.65. The van der Waals surface area contributed by atoms with Crippen molar-refractivity contribution in [1.29, 1.82) is 0 Å². The van der Waals surface area contributed by atoms with Crippen LogP contribution in [0.5, 0.6) is 0 Å². The van der Waals surface area contributed by atoms with Crippen molar-refractivity contribution in [1.82, 2.24) is 14.8 Å². The number of benzene rings is 8. The first kappa shape index (κ1) is 38.6. The Morgan fingerprint density at radius 3 is 1.08 bits per heavy atom. The van der Waals surface area contributed by atoms with Crippen LogP contribution in [-0.2, 0) is 0 Å². The highest BCUT2D eigenvalue weighted by atomic mass is 16.2. The first-order valence-electron chi connectivity index (χ1n) is 21.6. The van der Waals surface area contributed by atoms with E-state index in [4.69, 9.17) is 15.0 Å². The normalized spacial score (nSPS) is 18.2. The van der Waals surface area contributed by atoms with Gasteiger partial charge < -0.3 is 0 Å². The third-order valence-corrected chi connectivity index (χ3v) is 12.4. The molecule has 306 valence electrons. The van der Waals surface area contributed by atoms with E-state index in [-0.39, 0.29) is 11.8 Å². The first-order chi connectivity index (χ1) is 31.6. The number of amidine groups is 2. The van der Waals surface area contributed by atoms with Crippen molar-refractivity contribution in [2.45, 2.75) is 24.2 Å². The minimum atomic E-state index is -0.492. The van der Waals surface area contributed by atoms with Crippen molar-refractivity contribution in [2.24, 2.45) is 9.98 Å². The maximum atomic E-state index is 15.5. The summed E-state index contributed by atoms with van der Waals surface area (Å²) >= 11 is 0.